The SMILES string of the molecule is Cc1cccc(C[NH+]2CC[NH+](Cn3nc(-c4ccncc4)n(C)c3=S)CC2)c1. The van der Waals surface area contributed by atoms with Crippen molar-refractivity contribution in [3.05, 3.63) is 64.7 Å². The van der Waals surface area contributed by atoms with E-state index in [-0.39, 0.29) is 0 Å². The molecule has 2 N–H and O–H groups in total. The van der Waals surface area contributed by atoms with Gasteiger partial charge >= 0.3 is 0 Å². The number of hydrogen-bond acceptors (Lipinski definition) is 3. The second-order valence-electron chi connectivity index (χ2n) is 7.72. The molecule has 1 aliphatic heterocycles. The Hall–Kier alpha value is -2.35. The Morgan fingerprint density at radius 3 is 2.46 bits per heavy atom. The van der Waals surface area contributed by atoms with E-state index in [9.17, 15) is 0 Å². The second-order valence-corrected chi connectivity index (χ2v) is 8.09. The van der Waals surface area contributed by atoms with E-state index in [0.29, 0.717) is 0 Å². The van der Waals surface area contributed by atoms with Gasteiger partial charge in [-0.3, -0.25) is 4.98 Å². The summed E-state index contributed by atoms with van der Waals surface area (Å²) in [5.74, 6) is 0.899. The standard InChI is InChI=1S/C21H26N6S/c1-17-4-3-5-18(14-17)15-25-10-12-26(13-11-25)16-27-21(28)24(2)20(23-27)19-6-8-22-9-7-19/h3-9,14H,10-13,15-16H2,1-2H3/p+2. The Morgan fingerprint density at radius 1 is 1.04 bits per heavy atom. The van der Waals surface area contributed by atoms with Crippen LogP contribution in [0.1, 0.15) is 11.1 Å². The van der Waals surface area contributed by atoms with E-state index in [0.717, 1.165) is 42.5 Å². The van der Waals surface area contributed by atoms with Crippen LogP contribution >= 0.6 is 12.2 Å². The molecule has 1 aromatic carbocycles. The summed E-state index contributed by atoms with van der Waals surface area (Å²) in [6.45, 7) is 8.76. The summed E-state index contributed by atoms with van der Waals surface area (Å²) in [6, 6.07) is 12.8. The molecule has 0 atom stereocenters. The number of aromatic nitrogens is 4. The molecule has 1 fully saturated rings. The number of rotatable bonds is 5. The number of nitrogens with zero attached hydrogens (tertiary/aromatic N) is 4. The van der Waals surface area contributed by atoms with Crippen LogP contribution in [0, 0.1) is 11.7 Å². The van der Waals surface area contributed by atoms with Gasteiger partial charge in [0.05, 0.1) is 0 Å². The van der Waals surface area contributed by atoms with Crippen molar-refractivity contribution in [3.8, 4) is 11.4 Å². The van der Waals surface area contributed by atoms with Gasteiger partial charge in [-0.1, -0.05) is 29.8 Å². The Kier molecular flexibility index (Phi) is 5.66. The number of nitrogens with one attached hydrogen (secondary N) is 2. The van der Waals surface area contributed by atoms with Crippen LogP contribution in [0.4, 0.5) is 0 Å². The van der Waals surface area contributed by atoms with Crippen molar-refractivity contribution in [1.82, 2.24) is 19.3 Å². The molecule has 0 aliphatic carbocycles. The molecule has 7 heteroatoms. The summed E-state index contributed by atoms with van der Waals surface area (Å²) in [4.78, 5) is 7.30. The van der Waals surface area contributed by atoms with E-state index >= 15 is 0 Å². The van der Waals surface area contributed by atoms with Gasteiger partial charge in [-0.15, -0.1) is 5.10 Å². The van der Waals surface area contributed by atoms with Gasteiger partial charge in [-0.2, -0.15) is 4.68 Å². The van der Waals surface area contributed by atoms with Crippen LogP contribution in [0.2, 0.25) is 0 Å². The molecule has 4 rings (SSSR count). The maximum atomic E-state index is 5.63. The maximum Gasteiger partial charge on any atom is 0.202 e. The molecule has 6 nitrogen and oxygen atoms in total. The average molecular weight is 397 g/mol. The highest BCUT2D eigenvalue weighted by Crippen LogP contribution is 2.15. The van der Waals surface area contributed by atoms with Crippen molar-refractivity contribution in [1.29, 1.82) is 0 Å². The first kappa shape index (κ1) is 19.0. The lowest BCUT2D eigenvalue weighted by atomic mass is 10.1. The molecule has 0 unspecified atom stereocenters. The molecular formula is C21H28N6S+2. The summed E-state index contributed by atoms with van der Waals surface area (Å²) in [5.41, 5.74) is 3.83. The van der Waals surface area contributed by atoms with E-state index in [1.165, 1.54) is 24.2 Å². The number of quaternary nitrogens is 2. The van der Waals surface area contributed by atoms with E-state index in [1.54, 1.807) is 22.2 Å². The van der Waals surface area contributed by atoms with Gasteiger partial charge in [0.1, 0.15) is 32.7 Å². The second kappa shape index (κ2) is 8.34. The first-order valence-electron chi connectivity index (χ1n) is 9.87. The summed E-state index contributed by atoms with van der Waals surface area (Å²) >= 11 is 5.63. The Morgan fingerprint density at radius 2 is 1.75 bits per heavy atom. The van der Waals surface area contributed by atoms with Crippen molar-refractivity contribution >= 4 is 12.2 Å². The molecule has 2 aromatic heterocycles. The summed E-state index contributed by atoms with van der Waals surface area (Å²) in [6.07, 6.45) is 3.58. The normalized spacial score (nSPS) is 19.6. The third kappa shape index (κ3) is 4.22. The molecule has 146 valence electrons. The van der Waals surface area contributed by atoms with E-state index in [2.05, 4.69) is 36.2 Å². The molecule has 0 bridgehead atoms. The van der Waals surface area contributed by atoms with Crippen LogP contribution in [0.25, 0.3) is 11.4 Å². The quantitative estimate of drug-likeness (QED) is 0.609. The molecule has 3 heterocycles. The fraction of sp³-hybridized carbons (Fsp3) is 0.381. The molecule has 1 aliphatic rings. The van der Waals surface area contributed by atoms with E-state index in [4.69, 9.17) is 17.3 Å². The van der Waals surface area contributed by atoms with Gasteiger partial charge in [-0.05, 0) is 31.3 Å². The first-order chi connectivity index (χ1) is 13.6. The summed E-state index contributed by atoms with van der Waals surface area (Å²) < 4.78 is 4.74. The van der Waals surface area contributed by atoms with Crippen LogP contribution in [-0.4, -0.2) is 45.5 Å². The Balaban J connectivity index is 1.38. The molecule has 0 radical (unpaired) electrons. The molecule has 0 spiro atoms. The molecule has 28 heavy (non-hydrogen) atoms. The Labute approximate surface area is 171 Å². The number of pyridine rings is 1. The summed E-state index contributed by atoms with van der Waals surface area (Å²) in [7, 11) is 1.99. The van der Waals surface area contributed by atoms with Crippen LogP contribution < -0.4 is 9.80 Å². The summed E-state index contributed by atoms with van der Waals surface area (Å²) in [5, 5.41) is 4.79. The zero-order chi connectivity index (χ0) is 19.5. The number of piperazine rings is 1. The molecule has 0 amide bonds. The fourth-order valence-corrected chi connectivity index (χ4v) is 4.15. The van der Waals surface area contributed by atoms with Crippen molar-refractivity contribution in [2.75, 3.05) is 26.2 Å². The molecule has 1 saturated heterocycles. The number of hydrogen-bond donors (Lipinski definition) is 2. The minimum Gasteiger partial charge on any atom is -0.322 e. The van der Waals surface area contributed by atoms with Gasteiger partial charge < -0.3 is 14.4 Å². The Bertz CT molecular complexity index is 986. The van der Waals surface area contributed by atoms with E-state index in [1.807, 2.05) is 28.4 Å². The number of benzene rings is 1. The van der Waals surface area contributed by atoms with Gasteiger partial charge in [-0.25, -0.2) is 0 Å². The fourth-order valence-electron chi connectivity index (χ4n) is 3.96. The minimum absolute atomic E-state index is 0.772. The van der Waals surface area contributed by atoms with E-state index < -0.39 is 0 Å². The minimum atomic E-state index is 0.772. The lowest BCUT2D eigenvalue weighted by molar-refractivity contribution is -1.03. The van der Waals surface area contributed by atoms with Crippen molar-refractivity contribution in [2.45, 2.75) is 20.1 Å². The van der Waals surface area contributed by atoms with Crippen molar-refractivity contribution in [3.63, 3.8) is 0 Å². The van der Waals surface area contributed by atoms with Gasteiger partial charge in [0.2, 0.25) is 4.77 Å². The topological polar surface area (TPSA) is 44.5 Å². The highest BCUT2D eigenvalue weighted by atomic mass is 32.1. The molecule has 0 saturated carbocycles. The highest BCUT2D eigenvalue weighted by molar-refractivity contribution is 7.71. The monoisotopic (exact) mass is 396 g/mol. The largest absolute Gasteiger partial charge is 0.322 e. The van der Waals surface area contributed by atoms with Gasteiger partial charge in [0, 0.05) is 30.6 Å². The van der Waals surface area contributed by atoms with Crippen molar-refractivity contribution < 1.29 is 9.80 Å². The van der Waals surface area contributed by atoms with Crippen LogP contribution in [0.15, 0.2) is 48.8 Å². The zero-order valence-electron chi connectivity index (χ0n) is 16.6. The number of aryl methyl sites for hydroxylation is 1. The lowest BCUT2D eigenvalue weighted by Gasteiger charge is -2.29. The maximum absolute atomic E-state index is 5.63. The van der Waals surface area contributed by atoms with Crippen LogP contribution in [0.3, 0.4) is 0 Å². The predicted molar refractivity (Wildman–Crippen MR) is 112 cm³/mol. The van der Waals surface area contributed by atoms with Crippen LogP contribution in [0.5, 0.6) is 0 Å². The molecular weight excluding hydrogens is 368 g/mol. The smallest absolute Gasteiger partial charge is 0.202 e. The lowest BCUT2D eigenvalue weighted by Crippen LogP contribution is -3.27. The predicted octanol–water partition coefficient (Wildman–Crippen LogP) is 0.263. The third-order valence-corrected chi connectivity index (χ3v) is 6.04. The van der Waals surface area contributed by atoms with Crippen molar-refractivity contribution in [2.24, 2.45) is 7.05 Å². The highest BCUT2D eigenvalue weighted by Gasteiger charge is 2.24. The first-order valence-corrected chi connectivity index (χ1v) is 10.3. The molecule has 3 aromatic rings. The average Bonchev–Trinajstić information content (AvgIpc) is 2.99. The van der Waals surface area contributed by atoms with Gasteiger partial charge in [0.15, 0.2) is 12.5 Å². The zero-order valence-corrected chi connectivity index (χ0v) is 17.4. The van der Waals surface area contributed by atoms with Crippen LogP contribution in [-0.2, 0) is 20.3 Å². The third-order valence-electron chi connectivity index (χ3n) is 5.55. The van der Waals surface area contributed by atoms with Gasteiger partial charge in [0.25, 0.3) is 0 Å².